The van der Waals surface area contributed by atoms with E-state index < -0.39 is 5.97 Å². The van der Waals surface area contributed by atoms with Gasteiger partial charge in [0, 0.05) is 13.5 Å². The number of esters is 1. The first kappa shape index (κ1) is 15.0. The number of para-hydroxylation sites is 1. The third-order valence-electron chi connectivity index (χ3n) is 3.88. The zero-order chi connectivity index (χ0) is 16.4. The van der Waals surface area contributed by atoms with E-state index in [0.717, 1.165) is 11.1 Å². The molecular formula is C18H16N2O3. The minimum atomic E-state index is -0.397. The van der Waals surface area contributed by atoms with E-state index in [1.165, 1.54) is 7.11 Å². The lowest BCUT2D eigenvalue weighted by Gasteiger charge is -2.12. The van der Waals surface area contributed by atoms with Gasteiger partial charge in [-0.1, -0.05) is 30.3 Å². The van der Waals surface area contributed by atoms with Crippen LogP contribution in [-0.4, -0.2) is 22.6 Å². The molecule has 0 bridgehead atoms. The second-order valence-electron chi connectivity index (χ2n) is 5.23. The molecule has 0 aliphatic carbocycles. The summed E-state index contributed by atoms with van der Waals surface area (Å²) in [7, 11) is 3.22. The second-order valence-corrected chi connectivity index (χ2v) is 5.23. The number of benzene rings is 2. The maximum Gasteiger partial charge on any atom is 0.338 e. The summed E-state index contributed by atoms with van der Waals surface area (Å²) in [5.41, 5.74) is 1.82. The molecule has 1 aromatic heterocycles. The van der Waals surface area contributed by atoms with Gasteiger partial charge in [-0.2, -0.15) is 4.98 Å². The van der Waals surface area contributed by atoms with Crippen molar-refractivity contribution in [2.45, 2.75) is 6.42 Å². The number of hydrogen-bond donors (Lipinski definition) is 0. The third-order valence-corrected chi connectivity index (χ3v) is 3.88. The highest BCUT2D eigenvalue weighted by molar-refractivity contribution is 5.91. The molecule has 0 saturated carbocycles. The van der Waals surface area contributed by atoms with Gasteiger partial charge >= 0.3 is 5.97 Å². The van der Waals surface area contributed by atoms with Gasteiger partial charge in [0.2, 0.25) is 0 Å². The molecule has 0 aliphatic heterocycles. The van der Waals surface area contributed by atoms with Crippen LogP contribution in [-0.2, 0) is 18.2 Å². The Labute approximate surface area is 133 Å². The molecule has 0 fully saturated rings. The fourth-order valence-corrected chi connectivity index (χ4v) is 2.65. The van der Waals surface area contributed by atoms with Crippen molar-refractivity contribution in [3.63, 3.8) is 0 Å². The molecule has 0 aliphatic rings. The summed E-state index contributed by atoms with van der Waals surface area (Å²) in [4.78, 5) is 28.3. The lowest BCUT2D eigenvalue weighted by molar-refractivity contribution is 0.0599. The fraction of sp³-hybridized carbons (Fsp3) is 0.167. The van der Waals surface area contributed by atoms with E-state index in [9.17, 15) is 9.59 Å². The number of carbonyl (C=O) groups is 1. The molecule has 116 valence electrons. The van der Waals surface area contributed by atoms with Crippen LogP contribution >= 0.6 is 0 Å². The smallest absolute Gasteiger partial charge is 0.338 e. The molecular weight excluding hydrogens is 292 g/mol. The molecule has 5 nitrogen and oxygen atoms in total. The standard InChI is InChI=1S/C18H16N2O3/c1-20-15-10-6-5-9-14(15)17(21)19-16(20)11-12-7-3-4-8-13(12)18(22)23-2/h3-10H,11H2,1-2H3. The first-order valence-electron chi connectivity index (χ1n) is 7.22. The van der Waals surface area contributed by atoms with Gasteiger partial charge in [-0.3, -0.25) is 4.79 Å². The molecule has 0 amide bonds. The molecule has 3 rings (SSSR count). The number of nitrogens with zero attached hydrogens (tertiary/aromatic N) is 2. The first-order chi connectivity index (χ1) is 11.1. The third kappa shape index (κ3) is 2.73. The van der Waals surface area contributed by atoms with Crippen molar-refractivity contribution >= 4 is 16.9 Å². The van der Waals surface area contributed by atoms with Gasteiger partial charge in [0.15, 0.2) is 0 Å². The predicted molar refractivity (Wildman–Crippen MR) is 87.6 cm³/mol. The van der Waals surface area contributed by atoms with Gasteiger partial charge in [0.05, 0.1) is 23.6 Å². The average molecular weight is 308 g/mol. The van der Waals surface area contributed by atoms with Gasteiger partial charge in [-0.05, 0) is 23.8 Å². The van der Waals surface area contributed by atoms with E-state index in [4.69, 9.17) is 4.74 Å². The minimum Gasteiger partial charge on any atom is -0.465 e. The van der Waals surface area contributed by atoms with E-state index in [-0.39, 0.29) is 5.56 Å². The SMILES string of the molecule is COC(=O)c1ccccc1Cc1nc(=O)c2ccccc2n1C. The van der Waals surface area contributed by atoms with E-state index in [1.807, 2.05) is 41.9 Å². The summed E-state index contributed by atoms with van der Waals surface area (Å²) in [6, 6.07) is 14.5. The van der Waals surface area contributed by atoms with Crippen LogP contribution in [0.2, 0.25) is 0 Å². The minimum absolute atomic E-state index is 0.260. The highest BCUT2D eigenvalue weighted by Crippen LogP contribution is 2.16. The van der Waals surface area contributed by atoms with Crippen LogP contribution in [0.5, 0.6) is 0 Å². The first-order valence-corrected chi connectivity index (χ1v) is 7.22. The lowest BCUT2D eigenvalue weighted by Crippen LogP contribution is -2.18. The number of fused-ring (bicyclic) bond motifs is 1. The Morgan fingerprint density at radius 2 is 1.83 bits per heavy atom. The van der Waals surface area contributed by atoms with Crippen LogP contribution in [0.25, 0.3) is 10.9 Å². The molecule has 0 radical (unpaired) electrons. The number of rotatable bonds is 3. The number of methoxy groups -OCH3 is 1. The quantitative estimate of drug-likeness (QED) is 0.697. The van der Waals surface area contributed by atoms with Crippen molar-refractivity contribution in [1.29, 1.82) is 0 Å². The average Bonchev–Trinajstić information content (AvgIpc) is 2.59. The van der Waals surface area contributed by atoms with Crippen LogP contribution in [0, 0.1) is 0 Å². The number of aryl methyl sites for hydroxylation is 1. The molecule has 23 heavy (non-hydrogen) atoms. The van der Waals surface area contributed by atoms with Crippen molar-refractivity contribution in [3.8, 4) is 0 Å². The van der Waals surface area contributed by atoms with E-state index >= 15 is 0 Å². The zero-order valence-electron chi connectivity index (χ0n) is 12.9. The molecule has 1 heterocycles. The Morgan fingerprint density at radius 3 is 2.61 bits per heavy atom. The second kappa shape index (κ2) is 6.04. The largest absolute Gasteiger partial charge is 0.465 e. The van der Waals surface area contributed by atoms with Crippen LogP contribution in [0.4, 0.5) is 0 Å². The van der Waals surface area contributed by atoms with Crippen LogP contribution in [0.15, 0.2) is 53.3 Å². The highest BCUT2D eigenvalue weighted by atomic mass is 16.5. The van der Waals surface area contributed by atoms with Crippen LogP contribution < -0.4 is 5.56 Å². The van der Waals surface area contributed by atoms with Crippen LogP contribution in [0.3, 0.4) is 0 Å². The van der Waals surface area contributed by atoms with E-state index in [1.54, 1.807) is 18.2 Å². The fourth-order valence-electron chi connectivity index (χ4n) is 2.65. The molecule has 0 atom stereocenters. The maximum absolute atomic E-state index is 12.2. The van der Waals surface area contributed by atoms with Crippen molar-refractivity contribution in [2.75, 3.05) is 7.11 Å². The van der Waals surface area contributed by atoms with Gasteiger partial charge < -0.3 is 9.30 Å². The number of aromatic nitrogens is 2. The Kier molecular flexibility index (Phi) is 3.93. The molecule has 5 heteroatoms. The monoisotopic (exact) mass is 308 g/mol. The van der Waals surface area contributed by atoms with Crippen molar-refractivity contribution in [3.05, 3.63) is 75.8 Å². The molecule has 3 aromatic rings. The topological polar surface area (TPSA) is 61.2 Å². The zero-order valence-corrected chi connectivity index (χ0v) is 12.9. The predicted octanol–water partition coefficient (Wildman–Crippen LogP) is 2.31. The number of ether oxygens (including phenoxy) is 1. The summed E-state index contributed by atoms with van der Waals surface area (Å²) in [5, 5.41) is 0.583. The van der Waals surface area contributed by atoms with Crippen molar-refractivity contribution in [1.82, 2.24) is 9.55 Å². The van der Waals surface area contributed by atoms with E-state index in [2.05, 4.69) is 4.98 Å². The summed E-state index contributed by atoms with van der Waals surface area (Å²) in [5.74, 6) is 0.205. The van der Waals surface area contributed by atoms with Gasteiger partial charge in [0.1, 0.15) is 5.82 Å². The number of hydrogen-bond acceptors (Lipinski definition) is 4. The number of carbonyl (C=O) groups excluding carboxylic acids is 1. The molecule has 2 aromatic carbocycles. The maximum atomic E-state index is 12.2. The Hall–Kier alpha value is -2.95. The van der Waals surface area contributed by atoms with Crippen molar-refractivity contribution < 1.29 is 9.53 Å². The molecule has 0 N–H and O–H groups in total. The summed E-state index contributed by atoms with van der Waals surface area (Å²) in [6.45, 7) is 0. The Balaban J connectivity index is 2.12. The molecule has 0 spiro atoms. The van der Waals surface area contributed by atoms with Gasteiger partial charge in [-0.15, -0.1) is 0 Å². The molecule has 0 saturated heterocycles. The Bertz CT molecular complexity index is 944. The normalized spacial score (nSPS) is 10.7. The van der Waals surface area contributed by atoms with Gasteiger partial charge in [0.25, 0.3) is 5.56 Å². The molecule has 0 unspecified atom stereocenters. The summed E-state index contributed by atoms with van der Waals surface area (Å²) < 4.78 is 6.69. The van der Waals surface area contributed by atoms with Crippen LogP contribution in [0.1, 0.15) is 21.7 Å². The lowest BCUT2D eigenvalue weighted by atomic mass is 10.0. The van der Waals surface area contributed by atoms with Gasteiger partial charge in [-0.25, -0.2) is 4.79 Å². The highest BCUT2D eigenvalue weighted by Gasteiger charge is 2.14. The summed E-state index contributed by atoms with van der Waals surface area (Å²) >= 11 is 0. The van der Waals surface area contributed by atoms with E-state index in [0.29, 0.717) is 23.2 Å². The van der Waals surface area contributed by atoms with Crippen molar-refractivity contribution in [2.24, 2.45) is 7.05 Å². The summed E-state index contributed by atoms with van der Waals surface area (Å²) in [6.07, 6.45) is 0.377. The Morgan fingerprint density at radius 1 is 1.13 bits per heavy atom.